The van der Waals surface area contributed by atoms with E-state index in [1.807, 2.05) is 4.90 Å². The van der Waals surface area contributed by atoms with Crippen LogP contribution in [0.5, 0.6) is 0 Å². The first-order chi connectivity index (χ1) is 15.0. The van der Waals surface area contributed by atoms with E-state index in [1.165, 1.54) is 17.7 Å². The molecule has 3 rings (SSSR count). The molecule has 0 radical (unpaired) electrons. The van der Waals surface area contributed by atoms with Gasteiger partial charge in [0.25, 0.3) is 0 Å². The Morgan fingerprint density at radius 1 is 1.06 bits per heavy atom. The number of thioether (sulfide) groups is 1. The monoisotopic (exact) mass is 459 g/mol. The molecule has 0 aliphatic carbocycles. The minimum absolute atomic E-state index is 0.0823. The normalized spacial score (nSPS) is 11.4. The fraction of sp³-hybridized carbons (Fsp3) is 0.417. The average molecular weight is 460 g/mol. The van der Waals surface area contributed by atoms with Crippen molar-refractivity contribution >= 4 is 44.4 Å². The van der Waals surface area contributed by atoms with Crippen LogP contribution in [0, 0.1) is 5.82 Å². The van der Waals surface area contributed by atoms with E-state index in [-0.39, 0.29) is 11.7 Å². The number of rotatable bonds is 11. The van der Waals surface area contributed by atoms with Crippen LogP contribution in [0.4, 0.5) is 9.52 Å². The van der Waals surface area contributed by atoms with Crippen molar-refractivity contribution in [3.8, 4) is 0 Å². The number of likely N-dealkylation sites (N-methyl/N-ethyl adjacent to an activating group) is 1. The first-order valence-electron chi connectivity index (χ1n) is 10.8. The Morgan fingerprint density at radius 3 is 2.48 bits per heavy atom. The molecule has 0 N–H and O–H groups in total. The van der Waals surface area contributed by atoms with Crippen molar-refractivity contribution < 1.29 is 9.18 Å². The lowest BCUT2D eigenvalue weighted by atomic mass is 10.1. The minimum Gasteiger partial charge on any atom is -0.302 e. The molecule has 166 valence electrons. The van der Waals surface area contributed by atoms with Crippen LogP contribution in [0.3, 0.4) is 0 Å². The van der Waals surface area contributed by atoms with Gasteiger partial charge in [0, 0.05) is 30.2 Å². The minimum atomic E-state index is -0.245. The molecule has 0 fully saturated rings. The maximum Gasteiger partial charge on any atom is 0.229 e. The molecule has 31 heavy (non-hydrogen) atoms. The van der Waals surface area contributed by atoms with Crippen LogP contribution in [-0.4, -0.2) is 47.7 Å². The van der Waals surface area contributed by atoms with Crippen LogP contribution >= 0.6 is 23.1 Å². The van der Waals surface area contributed by atoms with E-state index in [2.05, 4.69) is 43.9 Å². The van der Waals surface area contributed by atoms with Crippen molar-refractivity contribution in [2.24, 2.45) is 0 Å². The van der Waals surface area contributed by atoms with Gasteiger partial charge in [-0.05, 0) is 55.4 Å². The van der Waals surface area contributed by atoms with E-state index < -0.39 is 0 Å². The van der Waals surface area contributed by atoms with Crippen molar-refractivity contribution in [1.29, 1.82) is 0 Å². The van der Waals surface area contributed by atoms with E-state index >= 15 is 0 Å². The second-order valence-corrected chi connectivity index (χ2v) is 9.42. The molecular weight excluding hydrogens is 429 g/mol. The third-order valence-electron chi connectivity index (χ3n) is 5.34. The summed E-state index contributed by atoms with van der Waals surface area (Å²) < 4.78 is 14.2. The highest BCUT2D eigenvalue weighted by Crippen LogP contribution is 2.31. The zero-order valence-electron chi connectivity index (χ0n) is 18.4. The lowest BCUT2D eigenvalue weighted by molar-refractivity contribution is -0.118. The number of nitrogens with zero attached hydrogens (tertiary/aromatic N) is 3. The number of hydrogen-bond donors (Lipinski definition) is 0. The highest BCUT2D eigenvalue weighted by atomic mass is 32.2. The second kappa shape index (κ2) is 11.6. The van der Waals surface area contributed by atoms with Crippen LogP contribution in [0.2, 0.25) is 0 Å². The molecule has 0 spiro atoms. The number of hydrogen-bond acceptors (Lipinski definition) is 5. The van der Waals surface area contributed by atoms with Crippen molar-refractivity contribution in [2.45, 2.75) is 38.5 Å². The van der Waals surface area contributed by atoms with E-state index in [0.717, 1.165) is 46.3 Å². The van der Waals surface area contributed by atoms with Gasteiger partial charge >= 0.3 is 0 Å². The lowest BCUT2D eigenvalue weighted by Gasteiger charge is -2.24. The number of carbonyl (C=O) groups excluding carboxylic acids is 1. The molecule has 0 aliphatic heterocycles. The molecule has 1 aromatic heterocycles. The molecule has 1 amide bonds. The van der Waals surface area contributed by atoms with Gasteiger partial charge in [-0.1, -0.05) is 44.2 Å². The largest absolute Gasteiger partial charge is 0.302 e. The first-order valence-corrected chi connectivity index (χ1v) is 12.6. The predicted octanol–water partition coefficient (Wildman–Crippen LogP) is 5.86. The number of carbonyl (C=O) groups is 1. The molecule has 0 unspecified atom stereocenters. The Kier molecular flexibility index (Phi) is 8.87. The van der Waals surface area contributed by atoms with Gasteiger partial charge in [0.2, 0.25) is 5.91 Å². The Labute approximate surface area is 192 Å². The third-order valence-corrected chi connectivity index (χ3v) is 7.39. The quantitative estimate of drug-likeness (QED) is 0.337. The summed E-state index contributed by atoms with van der Waals surface area (Å²) in [5.74, 6) is 0.487. The van der Waals surface area contributed by atoms with Gasteiger partial charge in [0.05, 0.1) is 10.2 Å². The van der Waals surface area contributed by atoms with Gasteiger partial charge in [0.1, 0.15) is 5.82 Å². The topological polar surface area (TPSA) is 36.4 Å². The molecule has 0 bridgehead atoms. The molecule has 0 aliphatic rings. The summed E-state index contributed by atoms with van der Waals surface area (Å²) in [6.07, 6.45) is 1.33. The van der Waals surface area contributed by atoms with Gasteiger partial charge < -0.3 is 4.90 Å². The zero-order chi connectivity index (χ0) is 22.2. The van der Waals surface area contributed by atoms with E-state index in [1.54, 1.807) is 35.2 Å². The van der Waals surface area contributed by atoms with Crippen LogP contribution in [0.15, 0.2) is 47.4 Å². The summed E-state index contributed by atoms with van der Waals surface area (Å²) in [5.41, 5.74) is 2.22. The smallest absolute Gasteiger partial charge is 0.229 e. The number of fused-ring (bicyclic) bond motifs is 1. The van der Waals surface area contributed by atoms with E-state index in [4.69, 9.17) is 4.98 Å². The molecule has 0 saturated heterocycles. The second-order valence-electron chi connectivity index (χ2n) is 7.24. The average Bonchev–Trinajstić information content (AvgIpc) is 3.22. The Hall–Kier alpha value is -1.96. The number of halogens is 1. The zero-order valence-corrected chi connectivity index (χ0v) is 20.1. The molecular formula is C24H30FN3OS2. The SMILES string of the molecule is CCc1cccc2sc(N(CCN(CC)CC)C(=O)CCSc3ccc(F)cc3)nc12. The third kappa shape index (κ3) is 6.28. The Morgan fingerprint density at radius 2 is 1.81 bits per heavy atom. The van der Waals surface area contributed by atoms with Gasteiger partial charge in [-0.2, -0.15) is 0 Å². The number of anilines is 1. The van der Waals surface area contributed by atoms with Gasteiger partial charge in [-0.25, -0.2) is 9.37 Å². The van der Waals surface area contributed by atoms with E-state index in [9.17, 15) is 9.18 Å². The lowest BCUT2D eigenvalue weighted by Crippen LogP contribution is -2.39. The Bertz CT molecular complexity index is 986. The summed E-state index contributed by atoms with van der Waals surface area (Å²) in [4.78, 5) is 23.2. The number of aryl methyl sites for hydroxylation is 1. The molecule has 1 heterocycles. The summed E-state index contributed by atoms with van der Waals surface area (Å²) in [6.45, 7) is 9.77. The van der Waals surface area contributed by atoms with Crippen LogP contribution < -0.4 is 4.90 Å². The first kappa shape index (κ1) is 23.7. The Balaban J connectivity index is 1.75. The summed E-state index contributed by atoms with van der Waals surface area (Å²) >= 11 is 3.16. The number of benzene rings is 2. The van der Waals surface area contributed by atoms with Crippen LogP contribution in [0.1, 0.15) is 32.8 Å². The van der Waals surface area contributed by atoms with Crippen molar-refractivity contribution in [2.75, 3.05) is 36.8 Å². The highest BCUT2D eigenvalue weighted by molar-refractivity contribution is 7.99. The maximum atomic E-state index is 13.2. The van der Waals surface area contributed by atoms with Gasteiger partial charge in [-0.3, -0.25) is 9.69 Å². The van der Waals surface area contributed by atoms with E-state index in [0.29, 0.717) is 18.7 Å². The van der Waals surface area contributed by atoms with Crippen molar-refractivity contribution in [1.82, 2.24) is 9.88 Å². The number of para-hydroxylation sites is 1. The van der Waals surface area contributed by atoms with Crippen molar-refractivity contribution in [3.63, 3.8) is 0 Å². The van der Waals surface area contributed by atoms with Crippen LogP contribution in [-0.2, 0) is 11.2 Å². The van der Waals surface area contributed by atoms with Crippen molar-refractivity contribution in [3.05, 3.63) is 53.8 Å². The molecule has 0 saturated carbocycles. The molecule has 3 aromatic rings. The van der Waals surface area contributed by atoms with Crippen LogP contribution in [0.25, 0.3) is 10.2 Å². The summed E-state index contributed by atoms with van der Waals surface area (Å²) in [6, 6.07) is 12.6. The number of amides is 1. The molecule has 7 heteroatoms. The number of aromatic nitrogens is 1. The fourth-order valence-corrected chi connectivity index (χ4v) is 5.32. The maximum absolute atomic E-state index is 13.2. The fourth-order valence-electron chi connectivity index (χ4n) is 3.42. The summed E-state index contributed by atoms with van der Waals surface area (Å²) in [7, 11) is 0. The van der Waals surface area contributed by atoms with Gasteiger partial charge in [0.15, 0.2) is 5.13 Å². The predicted molar refractivity (Wildman–Crippen MR) is 131 cm³/mol. The summed E-state index contributed by atoms with van der Waals surface area (Å²) in [5, 5.41) is 0.778. The molecule has 0 atom stereocenters. The highest BCUT2D eigenvalue weighted by Gasteiger charge is 2.21. The molecule has 2 aromatic carbocycles. The standard InChI is InChI=1S/C24H30FN3OS2/c1-4-18-8-7-9-21-23(18)26-24(31-21)28(16-15-27(5-2)6-3)22(29)14-17-30-20-12-10-19(25)11-13-20/h7-13H,4-6,14-17H2,1-3H3. The van der Waals surface area contributed by atoms with Gasteiger partial charge in [-0.15, -0.1) is 11.8 Å². The molecule has 4 nitrogen and oxygen atoms in total. The number of thiazole rings is 1.